The summed E-state index contributed by atoms with van der Waals surface area (Å²) in [6.45, 7) is 3.89. The molecule has 0 bridgehead atoms. The molecule has 1 rings (SSSR count). The lowest BCUT2D eigenvalue weighted by Gasteiger charge is -2.28. The van der Waals surface area contributed by atoms with Crippen LogP contribution < -0.4 is 0 Å². The Balaban J connectivity index is 3.05. The second kappa shape index (κ2) is 7.04. The molecular formula is C15H20BrFO2. The molecule has 1 N–H and O–H groups in total. The van der Waals surface area contributed by atoms with E-state index in [0.29, 0.717) is 18.4 Å². The van der Waals surface area contributed by atoms with Crippen LogP contribution in [-0.2, 0) is 11.2 Å². The fourth-order valence-corrected chi connectivity index (χ4v) is 2.69. The summed E-state index contributed by atoms with van der Waals surface area (Å²) in [5.74, 6) is -1.17. The molecule has 0 fully saturated rings. The Labute approximate surface area is 122 Å². The van der Waals surface area contributed by atoms with Crippen LogP contribution in [0.5, 0.6) is 0 Å². The Morgan fingerprint density at radius 2 is 2.11 bits per heavy atom. The van der Waals surface area contributed by atoms with E-state index in [1.807, 2.05) is 13.8 Å². The van der Waals surface area contributed by atoms with Crippen LogP contribution >= 0.6 is 15.9 Å². The number of hydrogen-bond donors (Lipinski definition) is 1. The van der Waals surface area contributed by atoms with Crippen LogP contribution in [0.2, 0.25) is 0 Å². The molecule has 0 heterocycles. The van der Waals surface area contributed by atoms with Crippen LogP contribution in [0, 0.1) is 11.2 Å². The van der Waals surface area contributed by atoms with Gasteiger partial charge in [-0.3, -0.25) is 4.79 Å². The molecule has 0 aliphatic rings. The van der Waals surface area contributed by atoms with Crippen molar-refractivity contribution >= 4 is 21.9 Å². The third kappa shape index (κ3) is 4.03. The van der Waals surface area contributed by atoms with Gasteiger partial charge in [-0.15, -0.1) is 0 Å². The van der Waals surface area contributed by atoms with Crippen molar-refractivity contribution in [2.24, 2.45) is 5.41 Å². The number of benzene rings is 1. The lowest BCUT2D eigenvalue weighted by molar-refractivity contribution is -0.149. The van der Waals surface area contributed by atoms with Crippen LogP contribution in [0.3, 0.4) is 0 Å². The summed E-state index contributed by atoms with van der Waals surface area (Å²) in [6.07, 6.45) is 3.12. The fraction of sp³-hybridized carbons (Fsp3) is 0.533. The molecule has 1 atom stereocenters. The summed E-state index contributed by atoms with van der Waals surface area (Å²) in [5, 5.41) is 9.54. The van der Waals surface area contributed by atoms with E-state index in [1.54, 1.807) is 12.1 Å². The zero-order valence-electron chi connectivity index (χ0n) is 11.4. The van der Waals surface area contributed by atoms with Crippen molar-refractivity contribution in [2.75, 3.05) is 0 Å². The maximum atomic E-state index is 13.8. The van der Waals surface area contributed by atoms with Crippen molar-refractivity contribution in [1.82, 2.24) is 0 Å². The van der Waals surface area contributed by atoms with Crippen LogP contribution in [-0.4, -0.2) is 11.1 Å². The maximum Gasteiger partial charge on any atom is 0.309 e. The van der Waals surface area contributed by atoms with Crippen LogP contribution in [0.25, 0.3) is 0 Å². The van der Waals surface area contributed by atoms with Gasteiger partial charge in [0.1, 0.15) is 5.82 Å². The first-order valence-electron chi connectivity index (χ1n) is 6.62. The molecule has 1 aromatic carbocycles. The second-order valence-electron chi connectivity index (χ2n) is 4.96. The van der Waals surface area contributed by atoms with Gasteiger partial charge in [0.05, 0.1) is 5.41 Å². The Kier molecular flexibility index (Phi) is 5.98. The Bertz CT molecular complexity index is 448. The number of carboxylic acid groups (broad SMARTS) is 1. The van der Waals surface area contributed by atoms with Gasteiger partial charge in [-0.1, -0.05) is 42.6 Å². The van der Waals surface area contributed by atoms with Crippen molar-refractivity contribution in [3.63, 3.8) is 0 Å². The average Bonchev–Trinajstić information content (AvgIpc) is 2.38. The van der Waals surface area contributed by atoms with E-state index in [9.17, 15) is 14.3 Å². The van der Waals surface area contributed by atoms with Gasteiger partial charge in [-0.05, 0) is 43.0 Å². The normalized spacial score (nSPS) is 14.1. The summed E-state index contributed by atoms with van der Waals surface area (Å²) >= 11 is 3.30. The molecule has 2 nitrogen and oxygen atoms in total. The Hall–Kier alpha value is -0.900. The van der Waals surface area contributed by atoms with Gasteiger partial charge in [0.15, 0.2) is 0 Å². The van der Waals surface area contributed by atoms with Crippen molar-refractivity contribution in [2.45, 2.75) is 46.0 Å². The molecule has 19 heavy (non-hydrogen) atoms. The standard InChI is InChI=1S/C15H20BrFO2/c1-3-5-8-15(4-2,14(18)19)10-11-9-12(16)6-7-13(11)17/h6-7,9H,3-5,8,10H2,1-2H3,(H,18,19). The van der Waals surface area contributed by atoms with E-state index >= 15 is 0 Å². The molecule has 0 radical (unpaired) electrons. The van der Waals surface area contributed by atoms with E-state index in [0.717, 1.165) is 17.3 Å². The smallest absolute Gasteiger partial charge is 0.309 e. The fourth-order valence-electron chi connectivity index (χ4n) is 2.28. The minimum Gasteiger partial charge on any atom is -0.481 e. The summed E-state index contributed by atoms with van der Waals surface area (Å²) < 4.78 is 14.6. The molecule has 1 aromatic rings. The number of halogens is 2. The van der Waals surface area contributed by atoms with Gasteiger partial charge >= 0.3 is 5.97 Å². The van der Waals surface area contributed by atoms with Gasteiger partial charge in [-0.25, -0.2) is 4.39 Å². The Morgan fingerprint density at radius 1 is 1.42 bits per heavy atom. The molecule has 0 spiro atoms. The van der Waals surface area contributed by atoms with Crippen LogP contribution in [0.4, 0.5) is 4.39 Å². The van der Waals surface area contributed by atoms with Crippen molar-refractivity contribution in [3.05, 3.63) is 34.1 Å². The number of hydrogen-bond acceptors (Lipinski definition) is 1. The first-order valence-corrected chi connectivity index (χ1v) is 7.42. The first kappa shape index (κ1) is 16.2. The number of rotatable bonds is 7. The van der Waals surface area contributed by atoms with Gasteiger partial charge in [0.2, 0.25) is 0 Å². The zero-order chi connectivity index (χ0) is 14.5. The van der Waals surface area contributed by atoms with Gasteiger partial charge in [0, 0.05) is 4.47 Å². The third-order valence-corrected chi connectivity index (χ3v) is 4.17. The first-order chi connectivity index (χ1) is 8.95. The van der Waals surface area contributed by atoms with E-state index < -0.39 is 11.4 Å². The van der Waals surface area contributed by atoms with E-state index in [1.165, 1.54) is 6.07 Å². The highest BCUT2D eigenvalue weighted by atomic mass is 79.9. The molecule has 0 aliphatic carbocycles. The average molecular weight is 331 g/mol. The highest BCUT2D eigenvalue weighted by molar-refractivity contribution is 9.10. The van der Waals surface area contributed by atoms with E-state index in [-0.39, 0.29) is 12.2 Å². The van der Waals surface area contributed by atoms with Crippen LogP contribution in [0.15, 0.2) is 22.7 Å². The van der Waals surface area contributed by atoms with E-state index in [2.05, 4.69) is 15.9 Å². The topological polar surface area (TPSA) is 37.3 Å². The highest BCUT2D eigenvalue weighted by Crippen LogP contribution is 2.35. The summed E-state index contributed by atoms with van der Waals surface area (Å²) in [7, 11) is 0. The second-order valence-corrected chi connectivity index (χ2v) is 5.87. The molecule has 0 saturated carbocycles. The molecule has 0 aliphatic heterocycles. The molecular weight excluding hydrogens is 311 g/mol. The summed E-state index contributed by atoms with van der Waals surface area (Å²) in [4.78, 5) is 11.6. The van der Waals surface area contributed by atoms with Gasteiger partial charge < -0.3 is 5.11 Å². The number of aliphatic carboxylic acids is 1. The zero-order valence-corrected chi connectivity index (χ0v) is 13.0. The lowest BCUT2D eigenvalue weighted by Crippen LogP contribution is -2.33. The SMILES string of the molecule is CCCCC(CC)(Cc1cc(Br)ccc1F)C(=O)O. The number of carboxylic acids is 1. The quantitative estimate of drug-likeness (QED) is 0.779. The molecule has 4 heteroatoms. The molecule has 1 unspecified atom stereocenters. The summed E-state index contributed by atoms with van der Waals surface area (Å²) in [6, 6.07) is 4.68. The largest absolute Gasteiger partial charge is 0.481 e. The minimum absolute atomic E-state index is 0.240. The monoisotopic (exact) mass is 330 g/mol. The predicted octanol–water partition coefficient (Wildman–Crippen LogP) is 4.80. The molecule has 0 saturated heterocycles. The van der Waals surface area contributed by atoms with Crippen molar-refractivity contribution < 1.29 is 14.3 Å². The number of carbonyl (C=O) groups is 1. The highest BCUT2D eigenvalue weighted by Gasteiger charge is 2.36. The lowest BCUT2D eigenvalue weighted by atomic mass is 9.75. The van der Waals surface area contributed by atoms with E-state index in [4.69, 9.17) is 0 Å². The Morgan fingerprint density at radius 3 is 2.63 bits per heavy atom. The van der Waals surface area contributed by atoms with Crippen molar-refractivity contribution in [3.8, 4) is 0 Å². The molecule has 0 amide bonds. The summed E-state index contributed by atoms with van der Waals surface area (Å²) in [5.41, 5.74) is -0.396. The minimum atomic E-state index is -0.863. The third-order valence-electron chi connectivity index (χ3n) is 3.68. The number of unbranched alkanes of at least 4 members (excludes halogenated alkanes) is 1. The van der Waals surface area contributed by atoms with Gasteiger partial charge in [-0.2, -0.15) is 0 Å². The maximum absolute atomic E-state index is 13.8. The molecule has 0 aromatic heterocycles. The molecule has 106 valence electrons. The van der Waals surface area contributed by atoms with Crippen LogP contribution in [0.1, 0.15) is 45.1 Å². The van der Waals surface area contributed by atoms with Gasteiger partial charge in [0.25, 0.3) is 0 Å². The van der Waals surface area contributed by atoms with Crippen molar-refractivity contribution in [1.29, 1.82) is 0 Å². The predicted molar refractivity (Wildman–Crippen MR) is 77.7 cm³/mol.